The number of hydrogen-bond donors (Lipinski definition) is 1. The zero-order valence-electron chi connectivity index (χ0n) is 17.0. The van der Waals surface area contributed by atoms with Crippen molar-refractivity contribution >= 4 is 34.0 Å². The first kappa shape index (κ1) is 20.2. The van der Waals surface area contributed by atoms with Crippen LogP contribution in [0, 0.1) is 6.92 Å². The number of nitrogens with zero attached hydrogens (tertiary/aromatic N) is 2. The smallest absolute Gasteiger partial charge is 0.164 e. The lowest BCUT2D eigenvalue weighted by Gasteiger charge is -2.20. The molecule has 3 heterocycles. The van der Waals surface area contributed by atoms with Crippen molar-refractivity contribution < 1.29 is 23.3 Å². The van der Waals surface area contributed by atoms with Gasteiger partial charge < -0.3 is 24.3 Å². The highest BCUT2D eigenvalue weighted by Gasteiger charge is 2.49. The van der Waals surface area contributed by atoms with Gasteiger partial charge in [-0.1, -0.05) is 11.6 Å². The second-order valence-electron chi connectivity index (χ2n) is 7.59. The highest BCUT2D eigenvalue weighted by Crippen LogP contribution is 2.38. The quantitative estimate of drug-likeness (QED) is 0.630. The number of alkyl halides is 1. The lowest BCUT2D eigenvalue weighted by molar-refractivity contribution is 0.0271. The summed E-state index contributed by atoms with van der Waals surface area (Å²) in [5.74, 6) is 1.63. The van der Waals surface area contributed by atoms with Gasteiger partial charge in [-0.2, -0.15) is 0 Å². The van der Waals surface area contributed by atoms with Crippen LogP contribution in [0.3, 0.4) is 0 Å². The maximum atomic E-state index is 13.9. The number of halogens is 2. The Kier molecular flexibility index (Phi) is 5.29. The standard InChI is InChI=1S/C22H21ClFN3O4/c1-11-5-12(23)3-4-15(11)27-22-13-6-17(28-2)18(7-16(13)25-10-26-22)31-19-9-30-20-14(24)8-29-21(19)20/h3-7,10,14,19-21H,8-9H2,1-2H3,(H,25,26,27)/t14?,19?,20-,21-/m0/s1. The predicted molar refractivity (Wildman–Crippen MR) is 114 cm³/mol. The minimum Gasteiger partial charge on any atom is -0.493 e. The molecule has 2 saturated heterocycles. The van der Waals surface area contributed by atoms with Gasteiger partial charge in [0.2, 0.25) is 0 Å². The molecule has 1 aromatic heterocycles. The molecule has 9 heteroatoms. The third-order valence-corrected chi connectivity index (χ3v) is 5.82. The van der Waals surface area contributed by atoms with Crippen LogP contribution < -0.4 is 14.8 Å². The van der Waals surface area contributed by atoms with Crippen LogP contribution in [0.5, 0.6) is 11.5 Å². The fraction of sp³-hybridized carbons (Fsp3) is 0.364. The first-order valence-electron chi connectivity index (χ1n) is 9.93. The molecular weight excluding hydrogens is 425 g/mol. The van der Waals surface area contributed by atoms with Gasteiger partial charge in [-0.05, 0) is 36.8 Å². The van der Waals surface area contributed by atoms with Gasteiger partial charge in [0.1, 0.15) is 24.4 Å². The van der Waals surface area contributed by atoms with Crippen LogP contribution in [0.4, 0.5) is 15.9 Å². The molecular formula is C22H21ClFN3O4. The van der Waals surface area contributed by atoms with Crippen molar-refractivity contribution in [2.24, 2.45) is 0 Å². The van der Waals surface area contributed by atoms with E-state index in [1.807, 2.05) is 31.2 Å². The van der Waals surface area contributed by atoms with E-state index in [1.165, 1.54) is 6.33 Å². The van der Waals surface area contributed by atoms with Crippen LogP contribution in [0.1, 0.15) is 5.56 Å². The molecule has 2 aromatic carbocycles. The topological polar surface area (TPSA) is 74.7 Å². The van der Waals surface area contributed by atoms with E-state index in [4.69, 9.17) is 30.5 Å². The molecule has 162 valence electrons. The van der Waals surface area contributed by atoms with Gasteiger partial charge in [0, 0.05) is 22.2 Å². The van der Waals surface area contributed by atoms with Gasteiger partial charge in [0.25, 0.3) is 0 Å². The van der Waals surface area contributed by atoms with E-state index in [2.05, 4.69) is 15.3 Å². The first-order valence-corrected chi connectivity index (χ1v) is 10.3. The Hall–Kier alpha value is -2.68. The molecule has 0 spiro atoms. The van der Waals surface area contributed by atoms with Gasteiger partial charge in [-0.15, -0.1) is 0 Å². The number of aryl methyl sites for hydroxylation is 1. The third-order valence-electron chi connectivity index (χ3n) is 5.59. The van der Waals surface area contributed by atoms with Gasteiger partial charge in [-0.3, -0.25) is 0 Å². The second-order valence-corrected chi connectivity index (χ2v) is 8.03. The SMILES string of the molecule is COc1cc2c(Nc3ccc(Cl)cc3C)ncnc2cc1OC1CO[C@H]2C(F)CO[C@@H]12. The molecule has 3 aromatic rings. The molecule has 5 rings (SSSR count). The number of methoxy groups -OCH3 is 1. The molecule has 2 unspecified atom stereocenters. The number of aromatic nitrogens is 2. The second kappa shape index (κ2) is 8.11. The van der Waals surface area contributed by atoms with E-state index in [9.17, 15) is 4.39 Å². The molecule has 1 N–H and O–H groups in total. The summed E-state index contributed by atoms with van der Waals surface area (Å²) in [5, 5.41) is 4.77. The average molecular weight is 446 g/mol. The first-order chi connectivity index (χ1) is 15.0. The van der Waals surface area contributed by atoms with Crippen molar-refractivity contribution in [2.75, 3.05) is 25.6 Å². The van der Waals surface area contributed by atoms with Crippen LogP contribution in [-0.2, 0) is 9.47 Å². The molecule has 31 heavy (non-hydrogen) atoms. The highest BCUT2D eigenvalue weighted by molar-refractivity contribution is 6.30. The minimum atomic E-state index is -1.13. The predicted octanol–water partition coefficient (Wildman–Crippen LogP) is 4.23. The largest absolute Gasteiger partial charge is 0.493 e. The number of rotatable bonds is 5. The van der Waals surface area contributed by atoms with Gasteiger partial charge in [0.05, 0.1) is 25.8 Å². The normalized spacial score (nSPS) is 24.9. The molecule has 0 bridgehead atoms. The van der Waals surface area contributed by atoms with E-state index in [1.54, 1.807) is 13.2 Å². The van der Waals surface area contributed by atoms with Crippen molar-refractivity contribution in [2.45, 2.75) is 31.4 Å². The Morgan fingerprint density at radius 1 is 1.10 bits per heavy atom. The maximum Gasteiger partial charge on any atom is 0.164 e. The van der Waals surface area contributed by atoms with E-state index < -0.39 is 24.5 Å². The molecule has 0 aliphatic carbocycles. The summed E-state index contributed by atoms with van der Waals surface area (Å²) in [7, 11) is 1.56. The zero-order valence-corrected chi connectivity index (χ0v) is 17.7. The lowest BCUT2D eigenvalue weighted by atomic mass is 10.1. The number of hydrogen-bond acceptors (Lipinski definition) is 7. The van der Waals surface area contributed by atoms with E-state index in [0.29, 0.717) is 27.9 Å². The number of benzene rings is 2. The fourth-order valence-corrected chi connectivity index (χ4v) is 4.22. The van der Waals surface area contributed by atoms with Crippen LogP contribution >= 0.6 is 11.6 Å². The molecule has 0 amide bonds. The summed E-state index contributed by atoms with van der Waals surface area (Å²) in [6, 6.07) is 9.20. The van der Waals surface area contributed by atoms with Crippen LogP contribution in [0.2, 0.25) is 5.02 Å². The van der Waals surface area contributed by atoms with E-state index in [0.717, 1.165) is 16.6 Å². The number of fused-ring (bicyclic) bond motifs is 2. The number of ether oxygens (including phenoxy) is 4. The molecule has 7 nitrogen and oxygen atoms in total. The molecule has 2 fully saturated rings. The molecule has 2 aliphatic rings. The van der Waals surface area contributed by atoms with Crippen molar-refractivity contribution in [3.8, 4) is 11.5 Å². The Morgan fingerprint density at radius 3 is 2.74 bits per heavy atom. The van der Waals surface area contributed by atoms with Crippen LogP contribution in [0.15, 0.2) is 36.7 Å². The van der Waals surface area contributed by atoms with Crippen molar-refractivity contribution in [1.82, 2.24) is 9.97 Å². The van der Waals surface area contributed by atoms with E-state index >= 15 is 0 Å². The van der Waals surface area contributed by atoms with Crippen LogP contribution in [0.25, 0.3) is 10.9 Å². The Morgan fingerprint density at radius 2 is 1.94 bits per heavy atom. The summed E-state index contributed by atoms with van der Waals surface area (Å²) in [6.07, 6.45) is -1.10. The van der Waals surface area contributed by atoms with Crippen molar-refractivity contribution in [1.29, 1.82) is 0 Å². The summed E-state index contributed by atoms with van der Waals surface area (Å²) in [4.78, 5) is 8.77. The highest BCUT2D eigenvalue weighted by atomic mass is 35.5. The number of nitrogens with one attached hydrogen (secondary N) is 1. The van der Waals surface area contributed by atoms with Gasteiger partial charge in [0.15, 0.2) is 23.8 Å². The summed E-state index contributed by atoms with van der Waals surface area (Å²) in [5.41, 5.74) is 2.55. The third kappa shape index (κ3) is 3.75. The zero-order chi connectivity index (χ0) is 21.5. The lowest BCUT2D eigenvalue weighted by Crippen LogP contribution is -2.33. The molecule has 2 aliphatic heterocycles. The molecule has 0 saturated carbocycles. The Bertz CT molecular complexity index is 1130. The van der Waals surface area contributed by atoms with Gasteiger partial charge >= 0.3 is 0 Å². The molecule has 4 atom stereocenters. The molecule has 0 radical (unpaired) electrons. The maximum absolute atomic E-state index is 13.9. The monoisotopic (exact) mass is 445 g/mol. The van der Waals surface area contributed by atoms with Crippen molar-refractivity contribution in [3.05, 3.63) is 47.2 Å². The minimum absolute atomic E-state index is 0.0242. The Balaban J connectivity index is 1.46. The summed E-state index contributed by atoms with van der Waals surface area (Å²) < 4.78 is 36.6. The fourth-order valence-electron chi connectivity index (χ4n) is 3.99. The van der Waals surface area contributed by atoms with Crippen molar-refractivity contribution in [3.63, 3.8) is 0 Å². The van der Waals surface area contributed by atoms with Gasteiger partial charge in [-0.25, -0.2) is 14.4 Å². The van der Waals surface area contributed by atoms with E-state index in [-0.39, 0.29) is 13.2 Å². The summed E-state index contributed by atoms with van der Waals surface area (Å²) >= 11 is 6.06. The summed E-state index contributed by atoms with van der Waals surface area (Å²) in [6.45, 7) is 2.24. The number of anilines is 2. The average Bonchev–Trinajstić information content (AvgIpc) is 3.33. The van der Waals surface area contributed by atoms with Crippen LogP contribution in [-0.4, -0.2) is 54.8 Å². The Labute approximate surface area is 183 Å².